The monoisotopic (exact) mass is 379 g/mol. The number of aliphatic hydroxyl groups excluding tert-OH is 1. The molecule has 0 aliphatic carbocycles. The number of hydrogen-bond acceptors (Lipinski definition) is 2. The molecule has 0 spiro atoms. The first-order valence-corrected chi connectivity index (χ1v) is 8.98. The normalized spacial score (nSPS) is 12.8. The van der Waals surface area contributed by atoms with Gasteiger partial charge >= 0.3 is 0 Å². The molecule has 2 aromatic rings. The molecule has 6 heteroatoms. The van der Waals surface area contributed by atoms with Gasteiger partial charge in [0.05, 0.1) is 19.2 Å². The van der Waals surface area contributed by atoms with Gasteiger partial charge in [-0.2, -0.15) is 0 Å². The Bertz CT molecular complexity index is 734. The van der Waals surface area contributed by atoms with E-state index in [1.165, 1.54) is 0 Å². The fraction of sp³-hybridized carbons (Fsp3) is 0.316. The molecule has 25 heavy (non-hydrogen) atoms. The van der Waals surface area contributed by atoms with E-state index in [4.69, 9.17) is 23.2 Å². The van der Waals surface area contributed by atoms with Gasteiger partial charge < -0.3 is 15.7 Å². The molecule has 0 heterocycles. The molecule has 3 N–H and O–H groups in total. The third-order valence-corrected chi connectivity index (χ3v) is 4.39. The van der Waals surface area contributed by atoms with Gasteiger partial charge in [0.2, 0.25) is 0 Å². The fourth-order valence-corrected chi connectivity index (χ4v) is 3.06. The van der Waals surface area contributed by atoms with Crippen molar-refractivity contribution < 1.29 is 5.11 Å². The van der Waals surface area contributed by atoms with Gasteiger partial charge in [-0.25, -0.2) is 4.99 Å². The average molecular weight is 380 g/mol. The van der Waals surface area contributed by atoms with Crippen LogP contribution in [0.25, 0.3) is 0 Å². The molecule has 2 aromatic carbocycles. The van der Waals surface area contributed by atoms with Crippen LogP contribution in [0, 0.1) is 0 Å². The van der Waals surface area contributed by atoms with E-state index in [1.54, 1.807) is 6.07 Å². The number of hydrogen-bond donors (Lipinski definition) is 3. The van der Waals surface area contributed by atoms with Crippen LogP contribution in [0.5, 0.6) is 0 Å². The zero-order chi connectivity index (χ0) is 18.2. The molecule has 0 aromatic heterocycles. The summed E-state index contributed by atoms with van der Waals surface area (Å²) in [5.41, 5.74) is 2.84. The molecule has 134 valence electrons. The highest BCUT2D eigenvalue weighted by Gasteiger charge is 2.12. The molecule has 0 saturated heterocycles. The molecule has 1 atom stereocenters. The van der Waals surface area contributed by atoms with E-state index in [9.17, 15) is 5.11 Å². The average Bonchev–Trinajstić information content (AvgIpc) is 2.60. The van der Waals surface area contributed by atoms with E-state index in [2.05, 4.69) is 15.6 Å². The van der Waals surface area contributed by atoms with Crippen molar-refractivity contribution in [3.05, 3.63) is 69.2 Å². The summed E-state index contributed by atoms with van der Waals surface area (Å²) < 4.78 is 0. The van der Waals surface area contributed by atoms with Crippen LogP contribution >= 0.6 is 23.2 Å². The van der Waals surface area contributed by atoms with Crippen LogP contribution in [0.4, 0.5) is 0 Å². The maximum atomic E-state index is 9.43. The van der Waals surface area contributed by atoms with Crippen LogP contribution in [0.1, 0.15) is 36.6 Å². The van der Waals surface area contributed by atoms with Gasteiger partial charge in [-0.1, -0.05) is 53.5 Å². The predicted molar refractivity (Wildman–Crippen MR) is 105 cm³/mol. The van der Waals surface area contributed by atoms with Crippen molar-refractivity contribution in [3.8, 4) is 0 Å². The highest BCUT2D eigenvalue weighted by molar-refractivity contribution is 6.35. The number of guanidine groups is 1. The van der Waals surface area contributed by atoms with Crippen molar-refractivity contribution in [2.24, 2.45) is 4.99 Å². The first kappa shape index (κ1) is 19.6. The molecular weight excluding hydrogens is 357 g/mol. The van der Waals surface area contributed by atoms with Crippen molar-refractivity contribution in [2.45, 2.75) is 33.0 Å². The van der Waals surface area contributed by atoms with Crippen LogP contribution in [0.3, 0.4) is 0 Å². The lowest BCUT2D eigenvalue weighted by Gasteiger charge is -2.19. The molecule has 0 bridgehead atoms. The van der Waals surface area contributed by atoms with Crippen LogP contribution in [-0.2, 0) is 13.2 Å². The second kappa shape index (κ2) is 9.66. The second-order valence-corrected chi connectivity index (χ2v) is 6.50. The Morgan fingerprint density at radius 1 is 1.16 bits per heavy atom. The van der Waals surface area contributed by atoms with Crippen molar-refractivity contribution in [2.75, 3.05) is 6.54 Å². The quantitative estimate of drug-likeness (QED) is 0.517. The minimum atomic E-state index is -0.0318. The maximum absolute atomic E-state index is 9.43. The van der Waals surface area contributed by atoms with Crippen LogP contribution in [0.15, 0.2) is 47.5 Å². The molecule has 0 radical (unpaired) electrons. The van der Waals surface area contributed by atoms with Gasteiger partial charge in [-0.15, -0.1) is 0 Å². The number of aliphatic hydroxyl groups is 1. The van der Waals surface area contributed by atoms with Gasteiger partial charge in [-0.3, -0.25) is 0 Å². The second-order valence-electron chi connectivity index (χ2n) is 5.65. The summed E-state index contributed by atoms with van der Waals surface area (Å²) in [5, 5.41) is 17.2. The predicted octanol–water partition coefficient (Wildman–Crippen LogP) is 4.30. The number of benzene rings is 2. The topological polar surface area (TPSA) is 56.7 Å². The third kappa shape index (κ3) is 5.63. The van der Waals surface area contributed by atoms with E-state index in [0.29, 0.717) is 22.5 Å². The minimum Gasteiger partial charge on any atom is -0.392 e. The van der Waals surface area contributed by atoms with Crippen LogP contribution < -0.4 is 10.6 Å². The highest BCUT2D eigenvalue weighted by atomic mass is 35.5. The van der Waals surface area contributed by atoms with Gasteiger partial charge in [0.15, 0.2) is 5.96 Å². The number of aliphatic imine (C=N–C) groups is 1. The summed E-state index contributed by atoms with van der Waals surface area (Å²) in [7, 11) is 0. The van der Waals surface area contributed by atoms with E-state index in [1.807, 2.05) is 50.2 Å². The van der Waals surface area contributed by atoms with Crippen molar-refractivity contribution in [1.82, 2.24) is 10.6 Å². The number of rotatable bonds is 6. The lowest BCUT2D eigenvalue weighted by molar-refractivity contribution is 0.280. The SMILES string of the molecule is CCNC(=NCc1ccccc1CO)NC(C)c1ccc(Cl)cc1Cl. The first-order chi connectivity index (χ1) is 12.0. The zero-order valence-electron chi connectivity index (χ0n) is 14.4. The minimum absolute atomic E-state index is 0.00640. The van der Waals surface area contributed by atoms with E-state index in [0.717, 1.165) is 23.2 Å². The Labute approximate surface area is 158 Å². The molecular formula is C19H23Cl2N3O. The molecule has 0 amide bonds. The summed E-state index contributed by atoms with van der Waals surface area (Å²) >= 11 is 12.2. The van der Waals surface area contributed by atoms with Crippen LogP contribution in [-0.4, -0.2) is 17.6 Å². The lowest BCUT2D eigenvalue weighted by Crippen LogP contribution is -2.38. The smallest absolute Gasteiger partial charge is 0.192 e. The van der Waals surface area contributed by atoms with E-state index in [-0.39, 0.29) is 12.6 Å². The van der Waals surface area contributed by atoms with E-state index < -0.39 is 0 Å². The zero-order valence-corrected chi connectivity index (χ0v) is 15.9. The Balaban J connectivity index is 2.14. The summed E-state index contributed by atoms with van der Waals surface area (Å²) in [4.78, 5) is 4.62. The Morgan fingerprint density at radius 2 is 1.88 bits per heavy atom. The van der Waals surface area contributed by atoms with Crippen molar-refractivity contribution >= 4 is 29.2 Å². The molecule has 2 rings (SSSR count). The van der Waals surface area contributed by atoms with Gasteiger partial charge in [0, 0.05) is 16.6 Å². The third-order valence-electron chi connectivity index (χ3n) is 3.82. The van der Waals surface area contributed by atoms with Crippen molar-refractivity contribution in [1.29, 1.82) is 0 Å². The Morgan fingerprint density at radius 3 is 2.52 bits per heavy atom. The lowest BCUT2D eigenvalue weighted by atomic mass is 10.1. The largest absolute Gasteiger partial charge is 0.392 e. The fourth-order valence-electron chi connectivity index (χ4n) is 2.49. The molecule has 0 fully saturated rings. The standard InChI is InChI=1S/C19H23Cl2N3O/c1-3-22-19(23-11-14-6-4-5-7-15(14)12-25)24-13(2)17-9-8-16(20)10-18(17)21/h4-10,13,25H,3,11-12H2,1-2H3,(H2,22,23,24). The van der Waals surface area contributed by atoms with Gasteiger partial charge in [-0.05, 0) is 42.7 Å². The Hall–Kier alpha value is -1.75. The number of nitrogens with zero attached hydrogens (tertiary/aromatic N) is 1. The summed E-state index contributed by atoms with van der Waals surface area (Å²) in [5.74, 6) is 0.689. The van der Waals surface area contributed by atoms with Crippen LogP contribution in [0.2, 0.25) is 10.0 Å². The van der Waals surface area contributed by atoms with Gasteiger partial charge in [0.25, 0.3) is 0 Å². The molecule has 1 unspecified atom stereocenters. The van der Waals surface area contributed by atoms with E-state index >= 15 is 0 Å². The maximum Gasteiger partial charge on any atom is 0.192 e. The molecule has 4 nitrogen and oxygen atoms in total. The summed E-state index contributed by atoms with van der Waals surface area (Å²) in [6, 6.07) is 13.2. The molecule has 0 aliphatic rings. The Kier molecular flexibility index (Phi) is 7.56. The number of halogens is 2. The molecule has 0 saturated carbocycles. The summed E-state index contributed by atoms with van der Waals surface area (Å²) in [6.45, 7) is 5.26. The van der Waals surface area contributed by atoms with Crippen molar-refractivity contribution in [3.63, 3.8) is 0 Å². The first-order valence-electron chi connectivity index (χ1n) is 8.22. The molecule has 0 aliphatic heterocycles. The number of nitrogens with one attached hydrogen (secondary N) is 2. The highest BCUT2D eigenvalue weighted by Crippen LogP contribution is 2.26. The van der Waals surface area contributed by atoms with Gasteiger partial charge in [0.1, 0.15) is 0 Å². The summed E-state index contributed by atoms with van der Waals surface area (Å²) in [6.07, 6.45) is 0.